The standard InChI is InChI=1S/C18H17NO3/c1-2-15(20)18-16(21)9-11(10-17(18)22)12-7-8-19-14-6-4-3-5-13(12)14/h3-8,11,20H,2,9-10H2,1H3. The van der Waals surface area contributed by atoms with Gasteiger partial charge in [-0.25, -0.2) is 0 Å². The van der Waals surface area contributed by atoms with Crippen LogP contribution in [0.3, 0.4) is 0 Å². The summed E-state index contributed by atoms with van der Waals surface area (Å²) < 4.78 is 0. The van der Waals surface area contributed by atoms with Crippen LogP contribution >= 0.6 is 0 Å². The molecule has 112 valence electrons. The first-order chi connectivity index (χ1) is 10.6. The quantitative estimate of drug-likeness (QED) is 0.523. The Bertz CT molecular complexity index is 767. The number of carbonyl (C=O) groups excluding carboxylic acids is 2. The van der Waals surface area contributed by atoms with Gasteiger partial charge in [-0.2, -0.15) is 0 Å². The molecule has 0 aliphatic heterocycles. The SMILES string of the molecule is CCC(O)=C1C(=O)CC(c2ccnc3ccccc23)CC1=O. The van der Waals surface area contributed by atoms with E-state index in [4.69, 9.17) is 0 Å². The summed E-state index contributed by atoms with van der Waals surface area (Å²) in [5.41, 5.74) is 1.83. The summed E-state index contributed by atoms with van der Waals surface area (Å²) in [6, 6.07) is 9.59. The fourth-order valence-corrected chi connectivity index (χ4v) is 3.07. The van der Waals surface area contributed by atoms with Crippen LogP contribution in [0.5, 0.6) is 0 Å². The van der Waals surface area contributed by atoms with Crippen molar-refractivity contribution in [3.8, 4) is 0 Å². The van der Waals surface area contributed by atoms with Gasteiger partial charge in [-0.05, 0) is 23.6 Å². The summed E-state index contributed by atoms with van der Waals surface area (Å²) in [6.45, 7) is 1.73. The summed E-state index contributed by atoms with van der Waals surface area (Å²) in [6.07, 6.45) is 2.51. The van der Waals surface area contributed by atoms with Crippen molar-refractivity contribution < 1.29 is 14.7 Å². The third-order valence-electron chi connectivity index (χ3n) is 4.17. The summed E-state index contributed by atoms with van der Waals surface area (Å²) in [5, 5.41) is 10.8. The van der Waals surface area contributed by atoms with E-state index >= 15 is 0 Å². The van der Waals surface area contributed by atoms with Gasteiger partial charge in [-0.3, -0.25) is 14.6 Å². The molecule has 1 heterocycles. The van der Waals surface area contributed by atoms with Crippen molar-refractivity contribution in [2.24, 2.45) is 0 Å². The molecule has 0 radical (unpaired) electrons. The number of hydrogen-bond donors (Lipinski definition) is 1. The van der Waals surface area contributed by atoms with Crippen LogP contribution in [0.4, 0.5) is 0 Å². The highest BCUT2D eigenvalue weighted by Gasteiger charge is 2.34. The van der Waals surface area contributed by atoms with Gasteiger partial charge < -0.3 is 5.11 Å². The van der Waals surface area contributed by atoms with Crippen LogP contribution in [0.2, 0.25) is 0 Å². The molecule has 0 amide bonds. The number of allylic oxidation sites excluding steroid dienone is 2. The van der Waals surface area contributed by atoms with Crippen molar-refractivity contribution in [2.45, 2.75) is 32.1 Å². The van der Waals surface area contributed by atoms with E-state index in [0.717, 1.165) is 16.5 Å². The smallest absolute Gasteiger partial charge is 0.170 e. The Morgan fingerprint density at radius 3 is 2.55 bits per heavy atom. The first-order valence-electron chi connectivity index (χ1n) is 7.44. The highest BCUT2D eigenvalue weighted by Crippen LogP contribution is 2.35. The molecule has 1 N–H and O–H groups in total. The van der Waals surface area contributed by atoms with Gasteiger partial charge in [0.15, 0.2) is 11.6 Å². The molecule has 4 heteroatoms. The zero-order valence-corrected chi connectivity index (χ0v) is 12.4. The van der Waals surface area contributed by atoms with Crippen LogP contribution in [-0.2, 0) is 9.59 Å². The lowest BCUT2D eigenvalue weighted by molar-refractivity contribution is -0.124. The minimum atomic E-state index is -0.263. The maximum atomic E-state index is 12.3. The van der Waals surface area contributed by atoms with Crippen molar-refractivity contribution >= 4 is 22.5 Å². The molecule has 0 bridgehead atoms. The topological polar surface area (TPSA) is 67.3 Å². The number of rotatable bonds is 2. The molecule has 1 aliphatic rings. The largest absolute Gasteiger partial charge is 0.511 e. The van der Waals surface area contributed by atoms with E-state index in [0.29, 0.717) is 6.42 Å². The fraction of sp³-hybridized carbons (Fsp3) is 0.278. The molecule has 3 rings (SSSR count). The second kappa shape index (κ2) is 5.72. The number of aliphatic hydroxyl groups is 1. The summed E-state index contributed by atoms with van der Waals surface area (Å²) in [5.74, 6) is -0.766. The molecule has 1 aliphatic carbocycles. The van der Waals surface area contributed by atoms with E-state index < -0.39 is 0 Å². The second-order valence-electron chi connectivity index (χ2n) is 5.54. The number of para-hydroxylation sites is 1. The molecule has 2 aromatic rings. The number of benzene rings is 1. The highest BCUT2D eigenvalue weighted by atomic mass is 16.3. The van der Waals surface area contributed by atoms with E-state index in [2.05, 4.69) is 4.98 Å². The van der Waals surface area contributed by atoms with Gasteiger partial charge >= 0.3 is 0 Å². The average molecular weight is 295 g/mol. The highest BCUT2D eigenvalue weighted by molar-refractivity contribution is 6.22. The molecule has 0 unspecified atom stereocenters. The maximum absolute atomic E-state index is 12.3. The van der Waals surface area contributed by atoms with Crippen LogP contribution < -0.4 is 0 Å². The molecule has 1 aromatic heterocycles. The van der Waals surface area contributed by atoms with Crippen LogP contribution in [0.1, 0.15) is 37.7 Å². The Kier molecular flexibility index (Phi) is 3.75. The van der Waals surface area contributed by atoms with Crippen LogP contribution in [0, 0.1) is 0 Å². The van der Waals surface area contributed by atoms with Crippen molar-refractivity contribution in [3.05, 3.63) is 53.4 Å². The van der Waals surface area contributed by atoms with Crippen LogP contribution in [0.25, 0.3) is 10.9 Å². The van der Waals surface area contributed by atoms with Gasteiger partial charge in [0, 0.05) is 30.8 Å². The third kappa shape index (κ3) is 2.41. The van der Waals surface area contributed by atoms with Gasteiger partial charge in [0.2, 0.25) is 0 Å². The van der Waals surface area contributed by atoms with Crippen LogP contribution in [-0.4, -0.2) is 21.7 Å². The van der Waals surface area contributed by atoms with Crippen molar-refractivity contribution in [1.29, 1.82) is 0 Å². The normalized spacial score (nSPS) is 18.8. The minimum Gasteiger partial charge on any atom is -0.511 e. The molecule has 4 nitrogen and oxygen atoms in total. The van der Waals surface area contributed by atoms with Gasteiger partial charge in [-0.15, -0.1) is 0 Å². The lowest BCUT2D eigenvalue weighted by atomic mass is 9.78. The Morgan fingerprint density at radius 1 is 1.18 bits per heavy atom. The first-order valence-corrected chi connectivity index (χ1v) is 7.44. The predicted molar refractivity (Wildman–Crippen MR) is 83.7 cm³/mol. The third-order valence-corrected chi connectivity index (χ3v) is 4.17. The van der Waals surface area contributed by atoms with Crippen molar-refractivity contribution in [2.75, 3.05) is 0 Å². The number of carbonyl (C=O) groups is 2. The average Bonchev–Trinajstić information content (AvgIpc) is 2.53. The Labute approximate surface area is 128 Å². The molecule has 0 atom stereocenters. The van der Waals surface area contributed by atoms with Crippen molar-refractivity contribution in [1.82, 2.24) is 4.98 Å². The fourth-order valence-electron chi connectivity index (χ4n) is 3.07. The molecule has 1 saturated carbocycles. The van der Waals surface area contributed by atoms with E-state index in [9.17, 15) is 14.7 Å². The molecular weight excluding hydrogens is 278 g/mol. The Hall–Kier alpha value is -2.49. The molecular formula is C18H17NO3. The number of aliphatic hydroxyl groups excluding tert-OH is 1. The zero-order valence-electron chi connectivity index (χ0n) is 12.4. The number of ketones is 2. The van der Waals surface area contributed by atoms with Crippen LogP contribution in [0.15, 0.2) is 47.9 Å². The number of nitrogens with zero attached hydrogens (tertiary/aromatic N) is 1. The molecule has 0 spiro atoms. The van der Waals surface area contributed by atoms with E-state index in [1.54, 1.807) is 13.1 Å². The summed E-state index contributed by atoms with van der Waals surface area (Å²) in [4.78, 5) is 28.9. The van der Waals surface area contributed by atoms with E-state index in [-0.39, 0.29) is 41.7 Å². The molecule has 22 heavy (non-hydrogen) atoms. The zero-order chi connectivity index (χ0) is 15.7. The Morgan fingerprint density at radius 2 is 1.86 bits per heavy atom. The summed E-state index contributed by atoms with van der Waals surface area (Å²) in [7, 11) is 0. The monoisotopic (exact) mass is 295 g/mol. The van der Waals surface area contributed by atoms with Crippen molar-refractivity contribution in [3.63, 3.8) is 0 Å². The van der Waals surface area contributed by atoms with Gasteiger partial charge in [0.25, 0.3) is 0 Å². The van der Waals surface area contributed by atoms with Gasteiger partial charge in [0.05, 0.1) is 11.1 Å². The molecule has 1 fully saturated rings. The van der Waals surface area contributed by atoms with E-state index in [1.165, 1.54) is 0 Å². The number of pyridine rings is 1. The van der Waals surface area contributed by atoms with E-state index in [1.807, 2.05) is 30.3 Å². The number of hydrogen-bond acceptors (Lipinski definition) is 4. The van der Waals surface area contributed by atoms with Gasteiger partial charge in [-0.1, -0.05) is 25.1 Å². The number of aromatic nitrogens is 1. The van der Waals surface area contributed by atoms with Gasteiger partial charge in [0.1, 0.15) is 5.76 Å². The maximum Gasteiger partial charge on any atom is 0.170 e. The predicted octanol–water partition coefficient (Wildman–Crippen LogP) is 3.47. The molecule has 0 saturated heterocycles. The minimum absolute atomic E-state index is 0.00267. The Balaban J connectivity index is 2.01. The lowest BCUT2D eigenvalue weighted by Gasteiger charge is -2.23. The number of fused-ring (bicyclic) bond motifs is 1. The number of Topliss-reactive ketones (excluding diaryl/α,β-unsaturated/α-hetero) is 2. The molecule has 1 aromatic carbocycles. The first kappa shape index (κ1) is 14.4. The second-order valence-corrected chi connectivity index (χ2v) is 5.54. The summed E-state index contributed by atoms with van der Waals surface area (Å²) >= 11 is 0. The lowest BCUT2D eigenvalue weighted by Crippen LogP contribution is -2.26.